The number of likely N-dealkylation sites (N-methyl/N-ethyl adjacent to an activating group) is 1. The van der Waals surface area contributed by atoms with Gasteiger partial charge in [-0.25, -0.2) is 0 Å². The third-order valence-corrected chi connectivity index (χ3v) is 4.27. The van der Waals surface area contributed by atoms with Crippen molar-refractivity contribution in [1.29, 1.82) is 0 Å². The molecule has 1 heterocycles. The van der Waals surface area contributed by atoms with E-state index < -0.39 is 22.4 Å². The standard InChI is InChI=1S/C15H21F3N4O2/c1-11(21-7-5-20(2)6-8-21)10-19-13-4-3-12(15(16,17)18)9-14(13)22(23)24/h3-4,9,11,19H,5-8,10H2,1-2H3. The maximum absolute atomic E-state index is 12.7. The molecule has 2 rings (SSSR count). The Kier molecular flexibility index (Phi) is 5.66. The summed E-state index contributed by atoms with van der Waals surface area (Å²) in [4.78, 5) is 14.7. The highest BCUT2D eigenvalue weighted by Gasteiger charge is 2.33. The van der Waals surface area contributed by atoms with Crippen LogP contribution in [0, 0.1) is 10.1 Å². The van der Waals surface area contributed by atoms with Crippen LogP contribution in [0.3, 0.4) is 0 Å². The molecule has 1 N–H and O–H groups in total. The van der Waals surface area contributed by atoms with Gasteiger partial charge in [0, 0.05) is 44.8 Å². The van der Waals surface area contributed by atoms with Crippen molar-refractivity contribution in [1.82, 2.24) is 9.80 Å². The van der Waals surface area contributed by atoms with Crippen LogP contribution in [-0.4, -0.2) is 60.5 Å². The van der Waals surface area contributed by atoms with Gasteiger partial charge in [0.25, 0.3) is 5.69 Å². The minimum atomic E-state index is -4.60. The first-order valence-electron chi connectivity index (χ1n) is 7.70. The number of hydrogen-bond donors (Lipinski definition) is 1. The first-order chi connectivity index (χ1) is 11.2. The first-order valence-corrected chi connectivity index (χ1v) is 7.70. The molecule has 0 aliphatic carbocycles. The molecule has 1 fully saturated rings. The van der Waals surface area contributed by atoms with E-state index in [4.69, 9.17) is 0 Å². The molecule has 1 aliphatic rings. The molecular weight excluding hydrogens is 325 g/mol. The van der Waals surface area contributed by atoms with Gasteiger partial charge in [-0.15, -0.1) is 0 Å². The summed E-state index contributed by atoms with van der Waals surface area (Å²) in [6.07, 6.45) is -4.60. The van der Waals surface area contributed by atoms with E-state index in [9.17, 15) is 23.3 Å². The van der Waals surface area contributed by atoms with Gasteiger partial charge in [-0.2, -0.15) is 13.2 Å². The van der Waals surface area contributed by atoms with Crippen LogP contribution in [0.2, 0.25) is 0 Å². The van der Waals surface area contributed by atoms with Crippen molar-refractivity contribution in [3.8, 4) is 0 Å². The molecular formula is C15H21F3N4O2. The second kappa shape index (κ2) is 7.35. The normalized spacial score (nSPS) is 18.4. The Hall–Kier alpha value is -1.87. The van der Waals surface area contributed by atoms with Crippen LogP contribution >= 0.6 is 0 Å². The predicted molar refractivity (Wildman–Crippen MR) is 85.1 cm³/mol. The number of alkyl halides is 3. The van der Waals surface area contributed by atoms with Crippen LogP contribution in [0.25, 0.3) is 0 Å². The molecule has 9 heteroatoms. The smallest absolute Gasteiger partial charge is 0.378 e. The molecule has 1 aromatic carbocycles. The fourth-order valence-electron chi connectivity index (χ4n) is 2.66. The lowest BCUT2D eigenvalue weighted by molar-refractivity contribution is -0.384. The summed E-state index contributed by atoms with van der Waals surface area (Å²) in [7, 11) is 2.05. The topological polar surface area (TPSA) is 61.7 Å². The number of rotatable bonds is 5. The minimum absolute atomic E-state index is 0.106. The summed E-state index contributed by atoms with van der Waals surface area (Å²) in [6.45, 7) is 6.11. The zero-order chi connectivity index (χ0) is 17.9. The highest BCUT2D eigenvalue weighted by molar-refractivity contribution is 5.63. The Balaban J connectivity index is 2.05. The molecule has 0 saturated carbocycles. The number of halogens is 3. The van der Waals surface area contributed by atoms with E-state index in [-0.39, 0.29) is 11.7 Å². The lowest BCUT2D eigenvalue weighted by atomic mass is 10.1. The third kappa shape index (κ3) is 4.57. The number of nitrogens with zero attached hydrogens (tertiary/aromatic N) is 3. The van der Waals surface area contributed by atoms with Crippen LogP contribution < -0.4 is 5.32 Å². The van der Waals surface area contributed by atoms with E-state index in [0.717, 1.165) is 38.3 Å². The Labute approximate surface area is 138 Å². The Morgan fingerprint density at radius 1 is 1.29 bits per heavy atom. The summed E-state index contributed by atoms with van der Waals surface area (Å²) in [6, 6.07) is 2.68. The molecule has 0 spiro atoms. The predicted octanol–water partition coefficient (Wildman–Crippen LogP) is 2.66. The Morgan fingerprint density at radius 3 is 2.46 bits per heavy atom. The fraction of sp³-hybridized carbons (Fsp3) is 0.600. The first kappa shape index (κ1) is 18.5. The van der Waals surface area contributed by atoms with Crippen molar-refractivity contribution in [2.75, 3.05) is 45.1 Å². The van der Waals surface area contributed by atoms with E-state index in [2.05, 4.69) is 15.1 Å². The van der Waals surface area contributed by atoms with Crippen molar-refractivity contribution in [2.45, 2.75) is 19.1 Å². The molecule has 134 valence electrons. The van der Waals surface area contributed by atoms with E-state index in [1.807, 2.05) is 14.0 Å². The zero-order valence-electron chi connectivity index (χ0n) is 13.6. The lowest BCUT2D eigenvalue weighted by Crippen LogP contribution is -2.49. The van der Waals surface area contributed by atoms with Gasteiger partial charge in [-0.3, -0.25) is 15.0 Å². The van der Waals surface area contributed by atoms with Crippen molar-refractivity contribution < 1.29 is 18.1 Å². The van der Waals surface area contributed by atoms with Crippen molar-refractivity contribution in [3.05, 3.63) is 33.9 Å². The van der Waals surface area contributed by atoms with Gasteiger partial charge in [0.05, 0.1) is 10.5 Å². The summed E-state index contributed by atoms with van der Waals surface area (Å²) in [5.41, 5.74) is -1.48. The van der Waals surface area contributed by atoms with Crippen LogP contribution in [0.4, 0.5) is 24.5 Å². The van der Waals surface area contributed by atoms with Crippen LogP contribution in [-0.2, 0) is 6.18 Å². The summed E-state index contributed by atoms with van der Waals surface area (Å²) < 4.78 is 38.1. The van der Waals surface area contributed by atoms with Gasteiger partial charge in [0.15, 0.2) is 0 Å². The molecule has 24 heavy (non-hydrogen) atoms. The van der Waals surface area contributed by atoms with Gasteiger partial charge in [-0.1, -0.05) is 0 Å². The summed E-state index contributed by atoms with van der Waals surface area (Å²) in [5, 5.41) is 14.0. The van der Waals surface area contributed by atoms with Gasteiger partial charge >= 0.3 is 6.18 Å². The van der Waals surface area contributed by atoms with Gasteiger partial charge in [-0.05, 0) is 26.1 Å². The quantitative estimate of drug-likeness (QED) is 0.656. The Morgan fingerprint density at radius 2 is 1.92 bits per heavy atom. The monoisotopic (exact) mass is 346 g/mol. The van der Waals surface area contributed by atoms with Gasteiger partial charge in [0.1, 0.15) is 5.69 Å². The van der Waals surface area contributed by atoms with Gasteiger partial charge in [0.2, 0.25) is 0 Å². The zero-order valence-corrected chi connectivity index (χ0v) is 13.6. The number of hydrogen-bond acceptors (Lipinski definition) is 5. The molecule has 1 unspecified atom stereocenters. The van der Waals surface area contributed by atoms with Crippen LogP contribution in [0.1, 0.15) is 12.5 Å². The summed E-state index contributed by atoms with van der Waals surface area (Å²) >= 11 is 0. The number of nitrogens with one attached hydrogen (secondary N) is 1. The highest BCUT2D eigenvalue weighted by Crippen LogP contribution is 2.34. The number of nitro benzene ring substituents is 1. The molecule has 0 bridgehead atoms. The van der Waals surface area contributed by atoms with Gasteiger partial charge < -0.3 is 10.2 Å². The highest BCUT2D eigenvalue weighted by atomic mass is 19.4. The number of benzene rings is 1. The molecule has 0 aromatic heterocycles. The molecule has 6 nitrogen and oxygen atoms in total. The fourth-order valence-corrected chi connectivity index (χ4v) is 2.66. The molecule has 1 atom stereocenters. The lowest BCUT2D eigenvalue weighted by Gasteiger charge is -2.36. The SMILES string of the molecule is CC(CNc1ccc(C(F)(F)F)cc1[N+](=O)[O-])N1CCN(C)CC1. The molecule has 1 aliphatic heterocycles. The second-order valence-electron chi connectivity index (χ2n) is 6.06. The Bertz CT molecular complexity index is 587. The van der Waals surface area contributed by atoms with Crippen LogP contribution in [0.5, 0.6) is 0 Å². The molecule has 1 aromatic rings. The molecule has 0 amide bonds. The average Bonchev–Trinajstić information content (AvgIpc) is 2.52. The number of piperazine rings is 1. The van der Waals surface area contributed by atoms with Crippen molar-refractivity contribution >= 4 is 11.4 Å². The van der Waals surface area contributed by atoms with E-state index >= 15 is 0 Å². The van der Waals surface area contributed by atoms with Crippen molar-refractivity contribution in [2.24, 2.45) is 0 Å². The second-order valence-corrected chi connectivity index (χ2v) is 6.06. The molecule has 0 radical (unpaired) electrons. The van der Waals surface area contributed by atoms with E-state index in [0.29, 0.717) is 12.6 Å². The number of anilines is 1. The van der Waals surface area contributed by atoms with Crippen LogP contribution in [0.15, 0.2) is 18.2 Å². The summed E-state index contributed by atoms with van der Waals surface area (Å²) in [5.74, 6) is 0. The van der Waals surface area contributed by atoms with Crippen molar-refractivity contribution in [3.63, 3.8) is 0 Å². The maximum Gasteiger partial charge on any atom is 0.416 e. The van der Waals surface area contributed by atoms with E-state index in [1.54, 1.807) is 0 Å². The largest absolute Gasteiger partial charge is 0.416 e. The third-order valence-electron chi connectivity index (χ3n) is 4.27. The average molecular weight is 346 g/mol. The maximum atomic E-state index is 12.7. The number of nitro groups is 1. The molecule has 1 saturated heterocycles. The minimum Gasteiger partial charge on any atom is -0.378 e. The van der Waals surface area contributed by atoms with E-state index in [1.165, 1.54) is 0 Å².